The molecule has 0 aromatic carbocycles. The van der Waals surface area contributed by atoms with Gasteiger partial charge in [0.05, 0.1) is 5.21 Å². The van der Waals surface area contributed by atoms with Crippen LogP contribution in [0.1, 0.15) is 20.8 Å². The van der Waals surface area contributed by atoms with Gasteiger partial charge >= 0.3 is 0 Å². The van der Waals surface area contributed by atoms with Crippen LogP contribution in [0, 0.1) is 0 Å². The van der Waals surface area contributed by atoms with Crippen molar-refractivity contribution in [2.45, 2.75) is 26.3 Å². The van der Waals surface area contributed by atoms with E-state index in [9.17, 15) is 0 Å². The van der Waals surface area contributed by atoms with E-state index in [0.717, 1.165) is 0 Å². The van der Waals surface area contributed by atoms with Crippen LogP contribution in [0.2, 0.25) is 0 Å². The molecule has 0 unspecified atom stereocenters. The maximum absolute atomic E-state index is 3.99. The van der Waals surface area contributed by atoms with Gasteiger partial charge in [-0.3, -0.25) is 0 Å². The highest BCUT2D eigenvalue weighted by atomic mass is 15.8. The molecule has 0 radical (unpaired) electrons. The summed E-state index contributed by atoms with van der Waals surface area (Å²) in [5.74, 6) is 0. The first kappa shape index (κ1) is 7.11. The highest BCUT2D eigenvalue weighted by molar-refractivity contribution is 4.59. The Labute approximate surface area is 59.6 Å². The van der Waals surface area contributed by atoms with Crippen LogP contribution >= 0.6 is 0 Å². The number of aromatic nitrogens is 5. The van der Waals surface area contributed by atoms with Gasteiger partial charge in [0, 0.05) is 4.80 Å². The average molecular weight is 142 g/mol. The maximum atomic E-state index is 3.99. The Bertz CT molecular complexity index is 220. The van der Waals surface area contributed by atoms with Gasteiger partial charge < -0.3 is 0 Å². The lowest BCUT2D eigenvalue weighted by atomic mass is 10.1. The molecule has 0 aliphatic carbocycles. The average Bonchev–Trinajstić information content (AvgIpc) is 2.11. The number of rotatable bonds is 0. The summed E-state index contributed by atoms with van der Waals surface area (Å²) in [6, 6.07) is 0. The summed E-state index contributed by atoms with van der Waals surface area (Å²) in [6.07, 6.45) is 0. The lowest BCUT2D eigenvalue weighted by molar-refractivity contribution is -0.788. The van der Waals surface area contributed by atoms with Gasteiger partial charge in [-0.15, -0.1) is 0 Å². The van der Waals surface area contributed by atoms with E-state index in [1.165, 1.54) is 4.80 Å². The molecule has 1 heterocycles. The second kappa shape index (κ2) is 2.00. The fourth-order valence-corrected chi connectivity index (χ4v) is 0.522. The fourth-order valence-electron chi connectivity index (χ4n) is 0.522. The van der Waals surface area contributed by atoms with E-state index >= 15 is 0 Å². The van der Waals surface area contributed by atoms with E-state index in [0.29, 0.717) is 0 Å². The summed E-state index contributed by atoms with van der Waals surface area (Å²) in [5.41, 5.74) is -0.0751. The lowest BCUT2D eigenvalue weighted by Crippen LogP contribution is -2.36. The van der Waals surface area contributed by atoms with E-state index in [1.807, 2.05) is 20.8 Å². The van der Waals surface area contributed by atoms with E-state index in [-0.39, 0.29) is 5.54 Å². The first-order valence-corrected chi connectivity index (χ1v) is 3.17. The van der Waals surface area contributed by atoms with Gasteiger partial charge in [0.1, 0.15) is 17.8 Å². The molecule has 0 saturated heterocycles. The molecule has 0 N–H and O–H groups in total. The summed E-state index contributed by atoms with van der Waals surface area (Å²) in [5, 5.41) is 11.5. The Kier molecular flexibility index (Phi) is 1.42. The first-order valence-electron chi connectivity index (χ1n) is 3.17. The van der Waals surface area contributed by atoms with Crippen LogP contribution in [-0.2, 0) is 12.6 Å². The molecule has 0 bridgehead atoms. The minimum atomic E-state index is -0.0751. The molecule has 56 valence electrons. The molecular weight excluding hydrogens is 130 g/mol. The van der Waals surface area contributed by atoms with Crippen molar-refractivity contribution in [3.63, 3.8) is 0 Å². The van der Waals surface area contributed by atoms with Gasteiger partial charge in [0.25, 0.3) is 0 Å². The summed E-state index contributed by atoms with van der Waals surface area (Å²) in [4.78, 5) is 3.01. The van der Waals surface area contributed by atoms with E-state index in [2.05, 4.69) is 15.6 Å². The zero-order valence-electron chi connectivity index (χ0n) is 6.74. The molecule has 5 nitrogen and oxygen atoms in total. The maximum Gasteiger partial charge on any atom is 0.189 e. The lowest BCUT2D eigenvalue weighted by Gasteiger charge is -2.06. The van der Waals surface area contributed by atoms with Gasteiger partial charge in [-0.25, -0.2) is 0 Å². The van der Waals surface area contributed by atoms with Gasteiger partial charge in [-0.05, 0) is 25.6 Å². The normalized spacial score (nSPS) is 12.0. The third-order valence-electron chi connectivity index (χ3n) is 1.07. The van der Waals surface area contributed by atoms with Crippen molar-refractivity contribution in [1.29, 1.82) is 0 Å². The van der Waals surface area contributed by atoms with E-state index in [4.69, 9.17) is 0 Å². The summed E-state index contributed by atoms with van der Waals surface area (Å²) >= 11 is 0. The molecule has 0 atom stereocenters. The molecule has 0 spiro atoms. The standard InChI is InChI=1S/C5H12N5/c1-5(2,3)10-7-6-9(4)8-10/h1-4H3/q+1. The molecule has 1 aromatic rings. The molecule has 1 aromatic heterocycles. The second-order valence-corrected chi connectivity index (χ2v) is 3.22. The fraction of sp³-hybridized carbons (Fsp3) is 1.00. The van der Waals surface area contributed by atoms with Crippen molar-refractivity contribution in [2.24, 2.45) is 7.05 Å². The quantitative estimate of drug-likeness (QED) is 0.448. The van der Waals surface area contributed by atoms with E-state index in [1.54, 1.807) is 11.8 Å². The first-order chi connectivity index (χ1) is 4.50. The van der Waals surface area contributed by atoms with Gasteiger partial charge in [0.2, 0.25) is 0 Å². The topological polar surface area (TPSA) is 47.5 Å². The van der Waals surface area contributed by atoms with Crippen LogP contribution in [0.3, 0.4) is 0 Å². The molecule has 10 heavy (non-hydrogen) atoms. The number of aryl methyl sites for hydroxylation is 1. The van der Waals surface area contributed by atoms with Crippen LogP contribution in [-0.4, -0.2) is 20.4 Å². The van der Waals surface area contributed by atoms with Gasteiger partial charge in [-0.1, -0.05) is 0 Å². The molecule has 0 amide bonds. The molecule has 5 heteroatoms. The SMILES string of the molecule is C[n+]1nnn(C(C)(C)C)n1. The summed E-state index contributed by atoms with van der Waals surface area (Å²) in [6.45, 7) is 6.07. The smallest absolute Gasteiger partial charge is 0.0462 e. The van der Waals surface area contributed by atoms with E-state index < -0.39 is 0 Å². The highest BCUT2D eigenvalue weighted by Gasteiger charge is 2.23. The Balaban J connectivity index is 2.96. The van der Waals surface area contributed by atoms with Crippen LogP contribution in [0.15, 0.2) is 0 Å². The zero-order valence-corrected chi connectivity index (χ0v) is 6.74. The Morgan fingerprint density at radius 1 is 1.30 bits per heavy atom. The second-order valence-electron chi connectivity index (χ2n) is 3.22. The molecule has 0 aliphatic rings. The Morgan fingerprint density at radius 3 is 2.10 bits per heavy atom. The zero-order chi connectivity index (χ0) is 7.78. The van der Waals surface area contributed by atoms with Crippen molar-refractivity contribution < 1.29 is 4.80 Å². The number of hydrogen-bond donors (Lipinski definition) is 0. The Hall–Kier alpha value is -1.00. The van der Waals surface area contributed by atoms with Crippen molar-refractivity contribution in [3.8, 4) is 0 Å². The molecule has 0 fully saturated rings. The van der Waals surface area contributed by atoms with Crippen LogP contribution < -0.4 is 4.80 Å². The van der Waals surface area contributed by atoms with Crippen LogP contribution in [0.25, 0.3) is 0 Å². The third kappa shape index (κ3) is 1.29. The minimum Gasteiger partial charge on any atom is -0.0462 e. The number of nitrogens with zero attached hydrogens (tertiary/aromatic N) is 5. The van der Waals surface area contributed by atoms with Crippen molar-refractivity contribution in [3.05, 3.63) is 0 Å². The van der Waals surface area contributed by atoms with Gasteiger partial charge in [-0.2, -0.15) is 0 Å². The monoisotopic (exact) mass is 142 g/mol. The summed E-state index contributed by atoms with van der Waals surface area (Å²) < 4.78 is 0. The predicted molar refractivity (Wildman–Crippen MR) is 34.0 cm³/mol. The van der Waals surface area contributed by atoms with Crippen molar-refractivity contribution in [2.75, 3.05) is 0 Å². The Morgan fingerprint density at radius 2 is 1.90 bits per heavy atom. The van der Waals surface area contributed by atoms with Crippen LogP contribution in [0.4, 0.5) is 0 Å². The summed E-state index contributed by atoms with van der Waals surface area (Å²) in [7, 11) is 1.75. The minimum absolute atomic E-state index is 0.0751. The number of hydrogen-bond acceptors (Lipinski definition) is 3. The highest BCUT2D eigenvalue weighted by Crippen LogP contribution is 2.06. The van der Waals surface area contributed by atoms with Crippen molar-refractivity contribution in [1.82, 2.24) is 20.4 Å². The molecule has 1 rings (SSSR count). The van der Waals surface area contributed by atoms with Crippen LogP contribution in [0.5, 0.6) is 0 Å². The largest absolute Gasteiger partial charge is 0.189 e. The van der Waals surface area contributed by atoms with Crippen molar-refractivity contribution >= 4 is 0 Å². The third-order valence-corrected chi connectivity index (χ3v) is 1.07. The van der Waals surface area contributed by atoms with Gasteiger partial charge in [0.15, 0.2) is 5.21 Å². The molecule has 0 aliphatic heterocycles. The predicted octanol–water partition coefficient (Wildman–Crippen LogP) is -0.747. The molecule has 0 saturated carbocycles. The molecular formula is C5H12N5+.